The van der Waals surface area contributed by atoms with E-state index in [0.717, 1.165) is 24.1 Å². The normalized spacial score (nSPS) is 19.5. The lowest BCUT2D eigenvalue weighted by molar-refractivity contribution is -0.385. The summed E-state index contributed by atoms with van der Waals surface area (Å²) in [6.45, 7) is 2.97. The van der Waals surface area contributed by atoms with Crippen LogP contribution in [0.25, 0.3) is 0 Å². The predicted octanol–water partition coefficient (Wildman–Crippen LogP) is 3.26. The summed E-state index contributed by atoms with van der Waals surface area (Å²) in [7, 11) is 0. The van der Waals surface area contributed by atoms with Gasteiger partial charge in [-0.3, -0.25) is 24.4 Å². The topological polar surface area (TPSA) is 155 Å². The molecule has 2 atom stereocenters. The highest BCUT2D eigenvalue weighted by Gasteiger charge is 2.53. The molecule has 2 amide bonds. The van der Waals surface area contributed by atoms with Gasteiger partial charge < -0.3 is 20.0 Å². The molecular weight excluding hydrogens is 540 g/mol. The minimum atomic E-state index is -2.01. The summed E-state index contributed by atoms with van der Waals surface area (Å²) in [6, 6.07) is 11.5. The predicted molar refractivity (Wildman–Crippen MR) is 155 cm³/mol. The van der Waals surface area contributed by atoms with Crippen molar-refractivity contribution in [1.82, 2.24) is 15.0 Å². The second-order valence-corrected chi connectivity index (χ2v) is 10.7. The first-order valence-corrected chi connectivity index (χ1v) is 14.1. The van der Waals surface area contributed by atoms with Gasteiger partial charge in [-0.15, -0.1) is 5.10 Å². The summed E-state index contributed by atoms with van der Waals surface area (Å²) < 4.78 is 1.65. The van der Waals surface area contributed by atoms with Gasteiger partial charge >= 0.3 is 0 Å². The Balaban J connectivity index is 1.38. The van der Waals surface area contributed by atoms with Crippen molar-refractivity contribution in [2.45, 2.75) is 57.7 Å². The summed E-state index contributed by atoms with van der Waals surface area (Å²) in [5.74, 6) is -1.20. The highest BCUT2D eigenvalue weighted by atomic mass is 16.6. The molecule has 3 aromatic rings. The Hall–Kier alpha value is -4.42. The lowest BCUT2D eigenvalue weighted by atomic mass is 9.82. The molecule has 1 fully saturated rings. The molecule has 12 heteroatoms. The number of hydrogen-bond acceptors (Lipinski definition) is 8. The fourth-order valence-corrected chi connectivity index (χ4v) is 5.61. The first-order valence-electron chi connectivity index (χ1n) is 14.1. The largest absolute Gasteiger partial charge is 0.396 e. The molecule has 0 radical (unpaired) electrons. The van der Waals surface area contributed by atoms with Crippen molar-refractivity contribution >= 4 is 28.9 Å². The van der Waals surface area contributed by atoms with Gasteiger partial charge in [0.1, 0.15) is 0 Å². The lowest BCUT2D eigenvalue weighted by Crippen LogP contribution is -2.44. The van der Waals surface area contributed by atoms with Gasteiger partial charge in [0.05, 0.1) is 22.8 Å². The molecule has 220 valence electrons. The van der Waals surface area contributed by atoms with Gasteiger partial charge in [0, 0.05) is 68.0 Å². The Morgan fingerprint density at radius 1 is 1.19 bits per heavy atom. The van der Waals surface area contributed by atoms with E-state index in [2.05, 4.69) is 10.3 Å². The van der Waals surface area contributed by atoms with Gasteiger partial charge in [-0.2, -0.15) is 0 Å². The molecule has 5 rings (SSSR count). The fraction of sp³-hybridized carbons (Fsp3) is 0.400. The number of amides is 2. The summed E-state index contributed by atoms with van der Waals surface area (Å²) >= 11 is 0. The number of fused-ring (bicyclic) bond motifs is 1. The number of nitro groups is 1. The zero-order valence-electron chi connectivity index (χ0n) is 23.4. The Morgan fingerprint density at radius 2 is 2.02 bits per heavy atom. The molecule has 2 aliphatic rings. The summed E-state index contributed by atoms with van der Waals surface area (Å²) in [5.41, 5.74) is 0.581. The standard InChI is InChI=1S/C30H34N6O6/c1-21(7-2-4-14-33-20-23(13-16-37)31-32-33)30(40)26-18-25(36(41)42)11-12-27(26)35(29(30)39)19-22-8-6-9-24(17-22)34-15-5-3-10-28(34)38/h2,6-9,11-12,17-18,20-21,37,40H,3-5,10,13-16,19H2,1H3/b7-2+/t21-,30+/m1/s1. The van der Waals surface area contributed by atoms with Crippen LogP contribution in [-0.4, -0.2) is 55.1 Å². The van der Waals surface area contributed by atoms with Crippen molar-refractivity contribution in [3.8, 4) is 0 Å². The summed E-state index contributed by atoms with van der Waals surface area (Å²) in [6.07, 6.45) is 8.59. The first-order chi connectivity index (χ1) is 20.2. The van der Waals surface area contributed by atoms with Crippen LogP contribution in [0.3, 0.4) is 0 Å². The molecule has 3 heterocycles. The first kappa shape index (κ1) is 29.1. The van der Waals surface area contributed by atoms with E-state index in [4.69, 9.17) is 5.11 Å². The Bertz CT molecular complexity index is 1520. The number of aromatic nitrogens is 3. The van der Waals surface area contributed by atoms with Crippen molar-refractivity contribution < 1.29 is 24.7 Å². The molecule has 0 aliphatic carbocycles. The maximum Gasteiger partial charge on any atom is 0.269 e. The molecule has 2 aromatic carbocycles. The Labute approximate surface area is 243 Å². The molecule has 0 spiro atoms. The second-order valence-electron chi connectivity index (χ2n) is 10.7. The molecule has 0 bridgehead atoms. The maximum atomic E-state index is 13.9. The number of hydrogen-bond donors (Lipinski definition) is 2. The number of carbonyl (C=O) groups is 2. The SMILES string of the molecule is C[C@H](/C=C/CCn1cc(CCO)nn1)[C@@]1(O)C(=O)N(Cc2cccc(N3CCCCC3=O)c2)c2ccc([N+](=O)[O-])cc21. The average molecular weight is 575 g/mol. The van der Waals surface area contributed by atoms with Crippen LogP contribution < -0.4 is 9.80 Å². The smallest absolute Gasteiger partial charge is 0.269 e. The van der Waals surface area contributed by atoms with E-state index in [-0.39, 0.29) is 30.3 Å². The summed E-state index contributed by atoms with van der Waals surface area (Å²) in [4.78, 5) is 40.7. The number of aliphatic hydroxyl groups excluding tert-OH is 1. The zero-order chi connectivity index (χ0) is 29.9. The number of aryl methyl sites for hydroxylation is 1. The van der Waals surface area contributed by atoms with Gasteiger partial charge in [0.15, 0.2) is 5.60 Å². The zero-order valence-corrected chi connectivity index (χ0v) is 23.4. The van der Waals surface area contributed by atoms with E-state index < -0.39 is 22.3 Å². The third-order valence-electron chi connectivity index (χ3n) is 7.91. The van der Waals surface area contributed by atoms with Crippen molar-refractivity contribution in [3.05, 3.63) is 87.7 Å². The van der Waals surface area contributed by atoms with Crippen LogP contribution in [0.2, 0.25) is 0 Å². The molecular formula is C30H34N6O6. The highest BCUT2D eigenvalue weighted by Crippen LogP contribution is 2.47. The second kappa shape index (κ2) is 12.2. The minimum absolute atomic E-state index is 0.0110. The third kappa shape index (κ3) is 5.68. The van der Waals surface area contributed by atoms with E-state index in [9.17, 15) is 24.8 Å². The highest BCUT2D eigenvalue weighted by molar-refractivity contribution is 6.07. The van der Waals surface area contributed by atoms with E-state index in [1.54, 1.807) is 28.8 Å². The molecule has 0 unspecified atom stereocenters. The van der Waals surface area contributed by atoms with Gasteiger partial charge in [0.25, 0.3) is 11.6 Å². The maximum absolute atomic E-state index is 13.9. The number of nitrogens with zero attached hydrogens (tertiary/aromatic N) is 6. The van der Waals surface area contributed by atoms with Gasteiger partial charge in [0.2, 0.25) is 5.91 Å². The van der Waals surface area contributed by atoms with Gasteiger partial charge in [-0.1, -0.05) is 36.4 Å². The average Bonchev–Trinajstić information content (AvgIpc) is 3.52. The monoisotopic (exact) mass is 574 g/mol. The number of anilines is 2. The molecule has 42 heavy (non-hydrogen) atoms. The number of nitro benzene ring substituents is 1. The Morgan fingerprint density at radius 3 is 2.79 bits per heavy atom. The van der Waals surface area contributed by atoms with Gasteiger partial charge in [-0.25, -0.2) is 0 Å². The third-order valence-corrected chi connectivity index (χ3v) is 7.91. The van der Waals surface area contributed by atoms with Crippen LogP contribution in [0.15, 0.2) is 60.8 Å². The van der Waals surface area contributed by atoms with Crippen molar-refractivity contribution in [2.24, 2.45) is 5.92 Å². The van der Waals surface area contributed by atoms with E-state index in [1.165, 1.54) is 23.1 Å². The van der Waals surface area contributed by atoms with Crippen LogP contribution in [0.1, 0.15) is 49.4 Å². The fourth-order valence-electron chi connectivity index (χ4n) is 5.61. The molecule has 12 nitrogen and oxygen atoms in total. The van der Waals surface area contributed by atoms with E-state index in [1.807, 2.05) is 30.3 Å². The van der Waals surface area contributed by atoms with Crippen molar-refractivity contribution in [1.29, 1.82) is 0 Å². The van der Waals surface area contributed by atoms with E-state index in [0.29, 0.717) is 43.7 Å². The molecule has 0 saturated carbocycles. The lowest BCUT2D eigenvalue weighted by Gasteiger charge is -2.28. The van der Waals surface area contributed by atoms with Crippen LogP contribution in [0.4, 0.5) is 17.1 Å². The molecule has 1 aromatic heterocycles. The van der Waals surface area contributed by atoms with E-state index >= 15 is 0 Å². The number of piperidine rings is 1. The van der Waals surface area contributed by atoms with Crippen LogP contribution in [-0.2, 0) is 34.7 Å². The van der Waals surface area contributed by atoms with Gasteiger partial charge in [-0.05, 0) is 43.0 Å². The molecule has 2 N–H and O–H groups in total. The number of non-ortho nitro benzene ring substituents is 1. The molecule has 2 aliphatic heterocycles. The number of allylic oxidation sites excluding steroid dienone is 1. The minimum Gasteiger partial charge on any atom is -0.396 e. The number of carbonyl (C=O) groups excluding carboxylic acids is 2. The van der Waals surface area contributed by atoms with Crippen molar-refractivity contribution in [3.63, 3.8) is 0 Å². The summed E-state index contributed by atoms with van der Waals surface area (Å²) in [5, 5.41) is 40.6. The molecule has 1 saturated heterocycles. The number of benzene rings is 2. The van der Waals surface area contributed by atoms with Crippen LogP contribution in [0, 0.1) is 16.0 Å². The van der Waals surface area contributed by atoms with Crippen LogP contribution >= 0.6 is 0 Å². The number of aliphatic hydroxyl groups is 2. The van der Waals surface area contributed by atoms with Crippen molar-refractivity contribution in [2.75, 3.05) is 23.0 Å². The van der Waals surface area contributed by atoms with Crippen LogP contribution in [0.5, 0.6) is 0 Å². The number of rotatable bonds is 11. The quantitative estimate of drug-likeness (QED) is 0.201. The Kier molecular flexibility index (Phi) is 8.46.